The van der Waals surface area contributed by atoms with Crippen molar-refractivity contribution in [1.82, 2.24) is 0 Å². The SMILES string of the molecule is NC(=S)c1cccc(COc2cc(F)ccc2F)c1. The van der Waals surface area contributed by atoms with Gasteiger partial charge in [-0.25, -0.2) is 8.78 Å². The molecule has 0 heterocycles. The molecule has 0 aliphatic rings. The van der Waals surface area contributed by atoms with Gasteiger partial charge in [0.25, 0.3) is 0 Å². The molecule has 0 spiro atoms. The Hall–Kier alpha value is -2.01. The average Bonchev–Trinajstić information content (AvgIpc) is 2.40. The van der Waals surface area contributed by atoms with Crippen LogP contribution in [0.15, 0.2) is 42.5 Å². The molecule has 5 heteroatoms. The molecule has 0 atom stereocenters. The first kappa shape index (κ1) is 13.4. The Kier molecular flexibility index (Phi) is 4.06. The van der Waals surface area contributed by atoms with Gasteiger partial charge in [-0.05, 0) is 23.8 Å². The molecule has 0 aliphatic carbocycles. The van der Waals surface area contributed by atoms with Crippen molar-refractivity contribution < 1.29 is 13.5 Å². The first-order valence-corrected chi connectivity index (χ1v) is 5.93. The van der Waals surface area contributed by atoms with Crippen molar-refractivity contribution in [2.75, 3.05) is 0 Å². The van der Waals surface area contributed by atoms with Crippen molar-refractivity contribution in [1.29, 1.82) is 0 Å². The molecule has 2 aromatic carbocycles. The summed E-state index contributed by atoms with van der Waals surface area (Å²) in [5, 5.41) is 0. The van der Waals surface area contributed by atoms with Crippen LogP contribution in [0.1, 0.15) is 11.1 Å². The summed E-state index contributed by atoms with van der Waals surface area (Å²) in [5.74, 6) is -1.28. The van der Waals surface area contributed by atoms with E-state index in [-0.39, 0.29) is 17.3 Å². The average molecular weight is 279 g/mol. The van der Waals surface area contributed by atoms with Crippen LogP contribution in [0.4, 0.5) is 8.78 Å². The normalized spacial score (nSPS) is 10.2. The summed E-state index contributed by atoms with van der Waals surface area (Å²) >= 11 is 4.86. The summed E-state index contributed by atoms with van der Waals surface area (Å²) in [7, 11) is 0. The van der Waals surface area contributed by atoms with Crippen molar-refractivity contribution >= 4 is 17.2 Å². The molecule has 19 heavy (non-hydrogen) atoms. The van der Waals surface area contributed by atoms with Crippen LogP contribution in [-0.2, 0) is 6.61 Å². The lowest BCUT2D eigenvalue weighted by Gasteiger charge is -2.08. The van der Waals surface area contributed by atoms with E-state index in [0.717, 1.165) is 23.8 Å². The second-order valence-corrected chi connectivity index (χ2v) is 4.37. The number of nitrogens with two attached hydrogens (primary N) is 1. The zero-order valence-corrected chi connectivity index (χ0v) is 10.7. The minimum Gasteiger partial charge on any atom is -0.486 e. The van der Waals surface area contributed by atoms with E-state index in [9.17, 15) is 8.78 Å². The summed E-state index contributed by atoms with van der Waals surface area (Å²) in [5.41, 5.74) is 6.99. The van der Waals surface area contributed by atoms with Gasteiger partial charge in [-0.2, -0.15) is 0 Å². The van der Waals surface area contributed by atoms with Crippen LogP contribution in [0.5, 0.6) is 5.75 Å². The quantitative estimate of drug-likeness (QED) is 0.873. The summed E-state index contributed by atoms with van der Waals surface area (Å²) in [6.45, 7) is 0.108. The Morgan fingerprint density at radius 1 is 1.16 bits per heavy atom. The Labute approximate surface area is 114 Å². The molecule has 0 unspecified atom stereocenters. The third kappa shape index (κ3) is 3.48. The van der Waals surface area contributed by atoms with Crippen LogP contribution in [0.3, 0.4) is 0 Å². The Balaban J connectivity index is 2.12. The molecule has 0 amide bonds. The molecular weight excluding hydrogens is 268 g/mol. The predicted octanol–water partition coefficient (Wildman–Crippen LogP) is 3.18. The van der Waals surface area contributed by atoms with Crippen LogP contribution >= 0.6 is 12.2 Å². The summed E-state index contributed by atoms with van der Waals surface area (Å²) < 4.78 is 31.5. The number of hydrogen-bond acceptors (Lipinski definition) is 2. The van der Waals surface area contributed by atoms with Gasteiger partial charge in [-0.3, -0.25) is 0 Å². The lowest BCUT2D eigenvalue weighted by molar-refractivity contribution is 0.288. The molecule has 2 rings (SSSR count). The van der Waals surface area contributed by atoms with Gasteiger partial charge in [0.2, 0.25) is 0 Å². The Morgan fingerprint density at radius 3 is 2.68 bits per heavy atom. The third-order valence-corrected chi connectivity index (χ3v) is 2.73. The van der Waals surface area contributed by atoms with E-state index in [1.165, 1.54) is 0 Å². The number of halogens is 2. The highest BCUT2D eigenvalue weighted by Crippen LogP contribution is 2.19. The van der Waals surface area contributed by atoms with Crippen LogP contribution in [0.2, 0.25) is 0 Å². The molecule has 2 aromatic rings. The highest BCUT2D eigenvalue weighted by molar-refractivity contribution is 7.80. The molecule has 0 radical (unpaired) electrons. The largest absolute Gasteiger partial charge is 0.486 e. The van der Waals surface area contributed by atoms with Crippen LogP contribution in [-0.4, -0.2) is 4.99 Å². The van der Waals surface area contributed by atoms with Crippen molar-refractivity contribution in [2.45, 2.75) is 6.61 Å². The van der Waals surface area contributed by atoms with Gasteiger partial charge in [0.05, 0.1) is 0 Å². The van der Waals surface area contributed by atoms with Crippen molar-refractivity contribution in [3.05, 3.63) is 65.2 Å². The highest BCUT2D eigenvalue weighted by atomic mass is 32.1. The minimum atomic E-state index is -0.605. The fourth-order valence-electron chi connectivity index (χ4n) is 1.56. The molecule has 98 valence electrons. The first-order chi connectivity index (χ1) is 9.06. The van der Waals surface area contributed by atoms with Gasteiger partial charge >= 0.3 is 0 Å². The predicted molar refractivity (Wildman–Crippen MR) is 73.0 cm³/mol. The van der Waals surface area contributed by atoms with E-state index in [2.05, 4.69) is 0 Å². The molecule has 0 saturated carbocycles. The molecular formula is C14H11F2NOS. The molecule has 2 nitrogen and oxygen atoms in total. The number of ether oxygens (including phenoxy) is 1. The topological polar surface area (TPSA) is 35.2 Å². The van der Waals surface area contributed by atoms with Crippen molar-refractivity contribution in [2.24, 2.45) is 5.73 Å². The number of benzene rings is 2. The number of hydrogen-bond donors (Lipinski definition) is 1. The lowest BCUT2D eigenvalue weighted by Crippen LogP contribution is -2.09. The van der Waals surface area contributed by atoms with Crippen molar-refractivity contribution in [3.63, 3.8) is 0 Å². The van der Waals surface area contributed by atoms with Crippen LogP contribution in [0, 0.1) is 11.6 Å². The fraction of sp³-hybridized carbons (Fsp3) is 0.0714. The Bertz CT molecular complexity index is 616. The fourth-order valence-corrected chi connectivity index (χ4v) is 1.69. The maximum atomic E-state index is 13.3. The molecule has 0 fully saturated rings. The highest BCUT2D eigenvalue weighted by Gasteiger charge is 2.06. The maximum Gasteiger partial charge on any atom is 0.165 e. The van der Waals surface area contributed by atoms with E-state index in [1.54, 1.807) is 24.3 Å². The van der Waals surface area contributed by atoms with Gasteiger partial charge in [0.15, 0.2) is 11.6 Å². The van der Waals surface area contributed by atoms with Gasteiger partial charge in [0.1, 0.15) is 17.4 Å². The van der Waals surface area contributed by atoms with E-state index in [4.69, 9.17) is 22.7 Å². The van der Waals surface area contributed by atoms with Gasteiger partial charge in [0, 0.05) is 11.6 Å². The van der Waals surface area contributed by atoms with Crippen LogP contribution in [0.25, 0.3) is 0 Å². The maximum absolute atomic E-state index is 13.3. The van der Waals surface area contributed by atoms with E-state index in [0.29, 0.717) is 5.56 Å². The van der Waals surface area contributed by atoms with Crippen LogP contribution < -0.4 is 10.5 Å². The molecule has 0 aromatic heterocycles. The summed E-state index contributed by atoms with van der Waals surface area (Å²) in [4.78, 5) is 0.277. The zero-order valence-electron chi connectivity index (χ0n) is 9.90. The molecule has 0 aliphatic heterocycles. The zero-order chi connectivity index (χ0) is 13.8. The van der Waals surface area contributed by atoms with E-state index < -0.39 is 11.6 Å². The van der Waals surface area contributed by atoms with E-state index >= 15 is 0 Å². The van der Waals surface area contributed by atoms with E-state index in [1.807, 2.05) is 0 Å². The summed E-state index contributed by atoms with van der Waals surface area (Å²) in [6.07, 6.45) is 0. The molecule has 2 N–H and O–H groups in total. The molecule has 0 bridgehead atoms. The minimum absolute atomic E-state index is 0.108. The first-order valence-electron chi connectivity index (χ1n) is 5.53. The standard InChI is InChI=1S/C14H11F2NOS/c15-11-4-5-12(16)13(7-11)18-8-9-2-1-3-10(6-9)14(17)19/h1-7H,8H2,(H2,17,19). The number of rotatable bonds is 4. The van der Waals surface area contributed by atoms with Crippen molar-refractivity contribution in [3.8, 4) is 5.75 Å². The second kappa shape index (κ2) is 5.75. The van der Waals surface area contributed by atoms with Gasteiger partial charge in [-0.15, -0.1) is 0 Å². The Morgan fingerprint density at radius 2 is 1.95 bits per heavy atom. The van der Waals surface area contributed by atoms with Gasteiger partial charge in [-0.1, -0.05) is 30.4 Å². The lowest BCUT2D eigenvalue weighted by atomic mass is 10.1. The second-order valence-electron chi connectivity index (χ2n) is 3.93. The molecule has 0 saturated heterocycles. The monoisotopic (exact) mass is 279 g/mol. The number of thiocarbonyl (C=S) groups is 1. The smallest absolute Gasteiger partial charge is 0.165 e. The third-order valence-electron chi connectivity index (χ3n) is 2.50. The van der Waals surface area contributed by atoms with Gasteiger partial charge < -0.3 is 10.5 Å². The summed E-state index contributed by atoms with van der Waals surface area (Å²) in [6, 6.07) is 10.2.